The van der Waals surface area contributed by atoms with E-state index in [0.717, 1.165) is 23.7 Å². The molecular formula is C27H44O2. The molecule has 2 heteroatoms. The van der Waals surface area contributed by atoms with Crippen LogP contribution in [0, 0.1) is 46.3 Å². The molecule has 4 aliphatic rings. The third-order valence-electron chi connectivity index (χ3n) is 9.95. The minimum atomic E-state index is -0.495. The number of fused-ring (bicyclic) bond motifs is 5. The van der Waals surface area contributed by atoms with E-state index in [1.807, 2.05) is 6.08 Å². The second kappa shape index (κ2) is 7.83. The topological polar surface area (TPSA) is 40.5 Å². The Morgan fingerprint density at radius 1 is 1.03 bits per heavy atom. The van der Waals surface area contributed by atoms with E-state index in [1.54, 1.807) is 0 Å². The van der Waals surface area contributed by atoms with Gasteiger partial charge in [-0.2, -0.15) is 0 Å². The van der Waals surface area contributed by atoms with Crippen LogP contribution < -0.4 is 0 Å². The van der Waals surface area contributed by atoms with Crippen LogP contribution in [0.4, 0.5) is 0 Å². The van der Waals surface area contributed by atoms with Crippen LogP contribution in [0.3, 0.4) is 0 Å². The molecule has 9 atom stereocenters. The Morgan fingerprint density at radius 2 is 1.79 bits per heavy atom. The molecular weight excluding hydrogens is 356 g/mol. The monoisotopic (exact) mass is 400 g/mol. The summed E-state index contributed by atoms with van der Waals surface area (Å²) in [5.41, 5.74) is 1.46. The second-order valence-corrected chi connectivity index (χ2v) is 11.9. The first kappa shape index (κ1) is 21.6. The number of hydrogen-bond donors (Lipinski definition) is 2. The van der Waals surface area contributed by atoms with Crippen molar-refractivity contribution in [3.63, 3.8) is 0 Å². The molecule has 0 aromatic carbocycles. The maximum absolute atomic E-state index is 11.0. The molecule has 0 saturated heterocycles. The summed E-state index contributed by atoms with van der Waals surface area (Å²) < 4.78 is 0. The molecule has 0 aromatic heterocycles. The summed E-state index contributed by atoms with van der Waals surface area (Å²) in [5, 5.41) is 21.2. The molecule has 2 nitrogen and oxygen atoms in total. The van der Waals surface area contributed by atoms with E-state index in [1.165, 1.54) is 50.5 Å². The van der Waals surface area contributed by atoms with E-state index in [2.05, 4.69) is 46.8 Å². The first-order valence-corrected chi connectivity index (χ1v) is 12.4. The molecule has 0 radical (unpaired) electrons. The summed E-state index contributed by atoms with van der Waals surface area (Å²) in [6.45, 7) is 12.1. The highest BCUT2D eigenvalue weighted by atomic mass is 16.3. The zero-order valence-electron chi connectivity index (χ0n) is 19.4. The molecule has 2 saturated carbocycles. The number of rotatable bonds is 5. The zero-order valence-corrected chi connectivity index (χ0v) is 19.4. The molecule has 4 rings (SSSR count). The lowest BCUT2D eigenvalue weighted by Gasteiger charge is -2.58. The average Bonchev–Trinajstić information content (AvgIpc) is 3.00. The van der Waals surface area contributed by atoms with Crippen molar-refractivity contribution in [2.45, 2.75) is 98.2 Å². The van der Waals surface area contributed by atoms with Gasteiger partial charge in [-0.05, 0) is 72.2 Å². The molecule has 0 spiro atoms. The number of aliphatic hydroxyl groups is 2. The van der Waals surface area contributed by atoms with Crippen molar-refractivity contribution >= 4 is 0 Å². The molecule has 0 aliphatic heterocycles. The fraction of sp³-hybridized carbons (Fsp3) is 0.852. The van der Waals surface area contributed by atoms with E-state index < -0.39 is 12.2 Å². The van der Waals surface area contributed by atoms with Crippen molar-refractivity contribution in [1.29, 1.82) is 0 Å². The lowest BCUT2D eigenvalue weighted by Crippen LogP contribution is -2.54. The molecule has 0 unspecified atom stereocenters. The van der Waals surface area contributed by atoms with Crippen LogP contribution in [0.25, 0.3) is 0 Å². The highest BCUT2D eigenvalue weighted by molar-refractivity contribution is 5.38. The second-order valence-electron chi connectivity index (χ2n) is 11.9. The van der Waals surface area contributed by atoms with Crippen LogP contribution in [0.5, 0.6) is 0 Å². The highest BCUT2D eigenvalue weighted by Crippen LogP contribution is 2.66. The molecule has 29 heavy (non-hydrogen) atoms. The van der Waals surface area contributed by atoms with Gasteiger partial charge in [-0.1, -0.05) is 72.1 Å². The molecule has 2 fully saturated rings. The molecule has 0 aromatic rings. The lowest BCUT2D eigenvalue weighted by atomic mass is 9.47. The summed E-state index contributed by atoms with van der Waals surface area (Å²) in [6, 6.07) is 0. The van der Waals surface area contributed by atoms with E-state index >= 15 is 0 Å². The van der Waals surface area contributed by atoms with Gasteiger partial charge in [0.25, 0.3) is 0 Å². The van der Waals surface area contributed by atoms with Crippen LogP contribution in [0.2, 0.25) is 0 Å². The van der Waals surface area contributed by atoms with Gasteiger partial charge >= 0.3 is 0 Å². The Balaban J connectivity index is 1.55. The van der Waals surface area contributed by atoms with Crippen molar-refractivity contribution in [1.82, 2.24) is 0 Å². The van der Waals surface area contributed by atoms with Gasteiger partial charge in [-0.25, -0.2) is 0 Å². The molecule has 0 heterocycles. The van der Waals surface area contributed by atoms with Gasteiger partial charge in [-0.15, -0.1) is 0 Å². The molecule has 2 N–H and O–H groups in total. The number of hydrogen-bond acceptors (Lipinski definition) is 2. The Hall–Kier alpha value is -0.600. The predicted molar refractivity (Wildman–Crippen MR) is 120 cm³/mol. The van der Waals surface area contributed by atoms with E-state index in [-0.39, 0.29) is 5.41 Å². The van der Waals surface area contributed by atoms with Crippen molar-refractivity contribution in [3.05, 3.63) is 23.8 Å². The minimum absolute atomic E-state index is 0.180. The Labute approximate surface area is 178 Å². The average molecular weight is 401 g/mol. The van der Waals surface area contributed by atoms with Gasteiger partial charge < -0.3 is 10.2 Å². The normalized spacial score (nSPS) is 47.4. The van der Waals surface area contributed by atoms with Gasteiger partial charge in [0.15, 0.2) is 0 Å². The van der Waals surface area contributed by atoms with E-state index in [0.29, 0.717) is 23.7 Å². The highest BCUT2D eigenvalue weighted by Gasteiger charge is 2.60. The van der Waals surface area contributed by atoms with Crippen LogP contribution in [-0.2, 0) is 0 Å². The SMILES string of the molecule is CC(C)CCC[C@@H](C)[C@H]1CC[C@H]2[C@@H]3C=CC4=C[C@@H](O)C[C@H](O)[C@]4(C)[C@H]3CC[C@]12C. The van der Waals surface area contributed by atoms with Gasteiger partial charge in [0.05, 0.1) is 12.2 Å². The van der Waals surface area contributed by atoms with Crippen molar-refractivity contribution in [3.8, 4) is 0 Å². The maximum Gasteiger partial charge on any atom is 0.0751 e. The molecule has 164 valence electrons. The van der Waals surface area contributed by atoms with Gasteiger partial charge in [-0.3, -0.25) is 0 Å². The summed E-state index contributed by atoms with van der Waals surface area (Å²) in [6.07, 6.45) is 15.7. The summed E-state index contributed by atoms with van der Waals surface area (Å²) >= 11 is 0. The zero-order chi connectivity index (χ0) is 21.0. The lowest BCUT2D eigenvalue weighted by molar-refractivity contribution is -0.0805. The molecule has 4 aliphatic carbocycles. The predicted octanol–water partition coefficient (Wildman–Crippen LogP) is 6.14. The fourth-order valence-corrected chi connectivity index (χ4v) is 8.22. The summed E-state index contributed by atoms with van der Waals surface area (Å²) in [4.78, 5) is 0. The van der Waals surface area contributed by atoms with Crippen LogP contribution in [-0.4, -0.2) is 22.4 Å². The largest absolute Gasteiger partial charge is 0.392 e. The Kier molecular flexibility index (Phi) is 5.84. The Bertz CT molecular complexity index is 663. The minimum Gasteiger partial charge on any atom is -0.392 e. The molecule has 0 bridgehead atoms. The number of allylic oxidation sites excluding steroid dienone is 2. The Morgan fingerprint density at radius 3 is 2.52 bits per heavy atom. The maximum atomic E-state index is 11.0. The first-order chi connectivity index (χ1) is 13.7. The third kappa shape index (κ3) is 3.47. The van der Waals surface area contributed by atoms with Crippen LogP contribution in [0.15, 0.2) is 23.8 Å². The van der Waals surface area contributed by atoms with Crippen LogP contribution in [0.1, 0.15) is 86.0 Å². The summed E-state index contributed by atoms with van der Waals surface area (Å²) in [7, 11) is 0. The van der Waals surface area contributed by atoms with Crippen molar-refractivity contribution < 1.29 is 10.2 Å². The molecule has 0 amide bonds. The quantitative estimate of drug-likeness (QED) is 0.582. The van der Waals surface area contributed by atoms with E-state index in [9.17, 15) is 10.2 Å². The fourth-order valence-electron chi connectivity index (χ4n) is 8.22. The third-order valence-corrected chi connectivity index (χ3v) is 9.95. The number of aliphatic hydroxyl groups excluding tert-OH is 2. The standard InChI is InChI=1S/C27H44O2/c1-17(2)7-6-8-18(3)22-11-12-23-21-10-9-19-15-20(28)16-25(29)27(19,5)24(21)13-14-26(22,23)4/h9-10,15,17-18,20-25,28-29H,6-8,11-14,16H2,1-5H3/t18-,20-,21+,22-,23+,24+,25+,26-,27+/m1/s1. The smallest absolute Gasteiger partial charge is 0.0751 e. The van der Waals surface area contributed by atoms with Gasteiger partial charge in [0.2, 0.25) is 0 Å². The van der Waals surface area contributed by atoms with Crippen LogP contribution >= 0.6 is 0 Å². The van der Waals surface area contributed by atoms with Gasteiger partial charge in [0, 0.05) is 11.8 Å². The summed E-state index contributed by atoms with van der Waals surface area (Å²) in [5.74, 6) is 4.38. The van der Waals surface area contributed by atoms with Crippen molar-refractivity contribution in [2.24, 2.45) is 46.3 Å². The first-order valence-electron chi connectivity index (χ1n) is 12.4. The van der Waals surface area contributed by atoms with Gasteiger partial charge in [0.1, 0.15) is 0 Å². The van der Waals surface area contributed by atoms with Crippen molar-refractivity contribution in [2.75, 3.05) is 0 Å². The van der Waals surface area contributed by atoms with E-state index in [4.69, 9.17) is 0 Å².